The molecule has 0 fully saturated rings. The summed E-state index contributed by atoms with van der Waals surface area (Å²) in [5.74, 6) is 0.454. The maximum absolute atomic E-state index is 10.00. The molecule has 0 unspecified atom stereocenters. The molecule has 0 spiro atoms. The predicted molar refractivity (Wildman–Crippen MR) is 141 cm³/mol. The highest BCUT2D eigenvalue weighted by atomic mass is 16.3. The molecule has 0 atom stereocenters. The van der Waals surface area contributed by atoms with E-state index in [-0.39, 0.29) is 24.7 Å². The van der Waals surface area contributed by atoms with E-state index in [4.69, 9.17) is 0 Å². The van der Waals surface area contributed by atoms with Gasteiger partial charge in [0.2, 0.25) is 0 Å². The second-order valence-electron chi connectivity index (χ2n) is 8.86. The van der Waals surface area contributed by atoms with Crippen LogP contribution in [0.15, 0.2) is 84.9 Å². The molecule has 4 N–H and O–H groups in total. The normalized spacial score (nSPS) is 11.4. The number of benzene rings is 5. The lowest BCUT2D eigenvalue weighted by Crippen LogP contribution is -2.05. The molecular formula is C31H28O4. The fourth-order valence-corrected chi connectivity index (χ4v) is 5.18. The van der Waals surface area contributed by atoms with Gasteiger partial charge < -0.3 is 20.4 Å². The third kappa shape index (κ3) is 4.34. The maximum atomic E-state index is 10.00. The van der Waals surface area contributed by atoms with Crippen molar-refractivity contribution in [3.05, 3.63) is 107 Å². The number of hydrogen-bond acceptors (Lipinski definition) is 4. The first-order valence-corrected chi connectivity index (χ1v) is 11.9. The molecule has 0 aliphatic rings. The van der Waals surface area contributed by atoms with Crippen molar-refractivity contribution in [3.8, 4) is 22.6 Å². The van der Waals surface area contributed by atoms with Crippen LogP contribution in [-0.4, -0.2) is 33.6 Å². The van der Waals surface area contributed by atoms with Gasteiger partial charge in [0.25, 0.3) is 0 Å². The van der Waals surface area contributed by atoms with Gasteiger partial charge in [-0.2, -0.15) is 0 Å². The van der Waals surface area contributed by atoms with E-state index in [1.807, 2.05) is 36.4 Å². The van der Waals surface area contributed by atoms with Crippen LogP contribution in [0.25, 0.3) is 32.7 Å². The third-order valence-corrected chi connectivity index (χ3v) is 6.72. The van der Waals surface area contributed by atoms with Crippen molar-refractivity contribution in [1.82, 2.24) is 0 Å². The van der Waals surface area contributed by atoms with Crippen molar-refractivity contribution in [2.45, 2.75) is 19.3 Å². The minimum absolute atomic E-state index is 0.0115. The number of phenolic OH excluding ortho intramolecular Hbond substituents is 2. The van der Waals surface area contributed by atoms with Crippen LogP contribution < -0.4 is 0 Å². The Morgan fingerprint density at radius 1 is 0.543 bits per heavy atom. The molecule has 0 aliphatic carbocycles. The predicted octanol–water partition coefficient (Wildman–Crippen LogP) is 5.73. The molecule has 0 heterocycles. The van der Waals surface area contributed by atoms with Crippen molar-refractivity contribution in [3.63, 3.8) is 0 Å². The highest BCUT2D eigenvalue weighted by molar-refractivity contribution is 6.16. The highest BCUT2D eigenvalue weighted by Gasteiger charge is 2.20. The molecule has 0 aliphatic heterocycles. The van der Waals surface area contributed by atoms with E-state index >= 15 is 0 Å². The molecule has 4 heteroatoms. The van der Waals surface area contributed by atoms with Crippen LogP contribution >= 0.6 is 0 Å². The van der Waals surface area contributed by atoms with Crippen LogP contribution in [0.4, 0.5) is 0 Å². The molecule has 0 aromatic heterocycles. The summed E-state index contributed by atoms with van der Waals surface area (Å²) < 4.78 is 0. The Hall–Kier alpha value is -3.86. The van der Waals surface area contributed by atoms with Crippen LogP contribution in [-0.2, 0) is 19.3 Å². The Labute approximate surface area is 204 Å². The fourth-order valence-electron chi connectivity index (χ4n) is 5.18. The van der Waals surface area contributed by atoms with Gasteiger partial charge in [0.15, 0.2) is 0 Å². The zero-order valence-corrected chi connectivity index (χ0v) is 19.4. The summed E-state index contributed by atoms with van der Waals surface area (Å²) >= 11 is 0. The topological polar surface area (TPSA) is 80.9 Å². The Morgan fingerprint density at radius 3 is 1.83 bits per heavy atom. The second kappa shape index (κ2) is 9.79. The van der Waals surface area contributed by atoms with E-state index in [9.17, 15) is 20.4 Å². The largest absolute Gasteiger partial charge is 0.508 e. The first-order chi connectivity index (χ1) is 17.1. The van der Waals surface area contributed by atoms with Gasteiger partial charge in [-0.05, 0) is 98.5 Å². The first-order valence-electron chi connectivity index (χ1n) is 11.9. The molecule has 5 aromatic carbocycles. The summed E-state index contributed by atoms with van der Waals surface area (Å²) in [5, 5.41) is 43.8. The zero-order chi connectivity index (χ0) is 24.4. The van der Waals surface area contributed by atoms with Crippen molar-refractivity contribution in [1.29, 1.82) is 0 Å². The Balaban J connectivity index is 1.92. The summed E-state index contributed by atoms with van der Waals surface area (Å²) in [5.41, 5.74) is 6.41. The number of phenols is 2. The second-order valence-corrected chi connectivity index (χ2v) is 8.86. The van der Waals surface area contributed by atoms with E-state index in [2.05, 4.69) is 24.3 Å². The molecule has 0 saturated carbocycles. The van der Waals surface area contributed by atoms with Crippen LogP contribution in [0.3, 0.4) is 0 Å². The number of aliphatic hydroxyl groups is 2. The van der Waals surface area contributed by atoms with Crippen molar-refractivity contribution >= 4 is 21.5 Å². The number of rotatable bonds is 7. The third-order valence-electron chi connectivity index (χ3n) is 6.72. The van der Waals surface area contributed by atoms with Gasteiger partial charge in [-0.1, -0.05) is 60.7 Å². The first kappa shape index (κ1) is 22.9. The molecule has 0 saturated heterocycles. The van der Waals surface area contributed by atoms with Gasteiger partial charge in [-0.15, -0.1) is 0 Å². The van der Waals surface area contributed by atoms with Crippen LogP contribution in [0.5, 0.6) is 11.5 Å². The Bertz CT molecular complexity index is 1490. The molecule has 35 heavy (non-hydrogen) atoms. The van der Waals surface area contributed by atoms with Crippen LogP contribution in [0.1, 0.15) is 22.3 Å². The summed E-state index contributed by atoms with van der Waals surface area (Å²) in [7, 11) is 0. The van der Waals surface area contributed by atoms with Gasteiger partial charge >= 0.3 is 0 Å². The summed E-state index contributed by atoms with van der Waals surface area (Å²) in [6.07, 6.45) is 1.67. The number of aromatic hydroxyl groups is 2. The van der Waals surface area contributed by atoms with Gasteiger partial charge in [-0.25, -0.2) is 0 Å². The Kier molecular flexibility index (Phi) is 6.41. The van der Waals surface area contributed by atoms with E-state index < -0.39 is 0 Å². The molecule has 4 nitrogen and oxygen atoms in total. The standard InChI is InChI=1S/C31H28O4/c32-17-15-21-9-14-28-30(22-7-12-24(35)13-8-22)27-4-2-1-3-26(27)29(31(28)25(21)16-18-33)19-20-5-10-23(34)11-6-20/h1-14,32-35H,15-19H2. The molecule has 0 amide bonds. The van der Waals surface area contributed by atoms with Crippen molar-refractivity contribution in [2.75, 3.05) is 13.2 Å². The molecule has 0 bridgehead atoms. The lowest BCUT2D eigenvalue weighted by atomic mass is 9.82. The SMILES string of the molecule is OCCc1ccc2c(-c3ccc(O)cc3)c3ccccc3c(Cc3ccc(O)cc3)c2c1CCO. The minimum atomic E-state index is 0.0115. The average molecular weight is 465 g/mol. The fraction of sp³-hybridized carbons (Fsp3) is 0.161. The number of fused-ring (bicyclic) bond motifs is 2. The van der Waals surface area contributed by atoms with E-state index in [0.29, 0.717) is 19.3 Å². The number of hydrogen-bond donors (Lipinski definition) is 4. The molecular weight excluding hydrogens is 436 g/mol. The van der Waals surface area contributed by atoms with Gasteiger partial charge in [0.05, 0.1) is 0 Å². The zero-order valence-electron chi connectivity index (χ0n) is 19.4. The monoisotopic (exact) mass is 464 g/mol. The van der Waals surface area contributed by atoms with Crippen LogP contribution in [0, 0.1) is 0 Å². The van der Waals surface area contributed by atoms with Crippen molar-refractivity contribution in [2.24, 2.45) is 0 Å². The lowest BCUT2D eigenvalue weighted by Gasteiger charge is -2.22. The molecule has 0 radical (unpaired) electrons. The highest BCUT2D eigenvalue weighted by Crippen LogP contribution is 2.42. The summed E-state index contributed by atoms with van der Waals surface area (Å²) in [4.78, 5) is 0. The number of aliphatic hydroxyl groups excluding tert-OH is 2. The molecule has 5 aromatic rings. The van der Waals surface area contributed by atoms with Gasteiger partial charge in [0.1, 0.15) is 11.5 Å². The van der Waals surface area contributed by atoms with Crippen LogP contribution in [0.2, 0.25) is 0 Å². The lowest BCUT2D eigenvalue weighted by molar-refractivity contribution is 0.293. The van der Waals surface area contributed by atoms with E-state index in [0.717, 1.165) is 54.9 Å². The van der Waals surface area contributed by atoms with Gasteiger partial charge in [-0.3, -0.25) is 0 Å². The van der Waals surface area contributed by atoms with E-state index in [1.165, 1.54) is 0 Å². The van der Waals surface area contributed by atoms with E-state index in [1.54, 1.807) is 24.3 Å². The quantitative estimate of drug-likeness (QED) is 0.232. The maximum Gasteiger partial charge on any atom is 0.115 e. The Morgan fingerprint density at radius 2 is 1.17 bits per heavy atom. The molecule has 176 valence electrons. The molecule has 5 rings (SSSR count). The van der Waals surface area contributed by atoms with Gasteiger partial charge in [0, 0.05) is 13.2 Å². The average Bonchev–Trinajstić information content (AvgIpc) is 2.87. The summed E-state index contributed by atoms with van der Waals surface area (Å²) in [6, 6.07) is 27.1. The minimum Gasteiger partial charge on any atom is -0.508 e. The van der Waals surface area contributed by atoms with Crippen molar-refractivity contribution < 1.29 is 20.4 Å². The summed E-state index contributed by atoms with van der Waals surface area (Å²) in [6.45, 7) is 0.0488. The smallest absolute Gasteiger partial charge is 0.115 e.